The van der Waals surface area contributed by atoms with Crippen molar-refractivity contribution in [1.29, 1.82) is 0 Å². The van der Waals surface area contributed by atoms with Crippen molar-refractivity contribution in [2.24, 2.45) is 0 Å². The molecule has 3 rings (SSSR count). The number of ether oxygens (including phenoxy) is 1. The maximum absolute atomic E-state index is 12.9. The van der Waals surface area contributed by atoms with Crippen LogP contribution in [-0.2, 0) is 16.4 Å². The third-order valence-corrected chi connectivity index (χ3v) is 5.90. The second-order valence-corrected chi connectivity index (χ2v) is 8.03. The molecular formula is C17H19NO5S. The number of furan rings is 1. The van der Waals surface area contributed by atoms with Crippen molar-refractivity contribution in [2.45, 2.75) is 19.0 Å². The van der Waals surface area contributed by atoms with Crippen molar-refractivity contribution >= 4 is 15.7 Å². The summed E-state index contributed by atoms with van der Waals surface area (Å²) in [6, 6.07) is 9.97. The minimum absolute atomic E-state index is 0.00436. The van der Waals surface area contributed by atoms with E-state index in [-0.39, 0.29) is 30.0 Å². The van der Waals surface area contributed by atoms with Crippen molar-refractivity contribution < 1.29 is 22.4 Å². The monoisotopic (exact) mass is 349 g/mol. The number of hydrogen-bond donors (Lipinski definition) is 0. The van der Waals surface area contributed by atoms with Gasteiger partial charge in [0.2, 0.25) is 0 Å². The first kappa shape index (κ1) is 16.6. The molecular weight excluding hydrogens is 330 g/mol. The molecule has 2 heterocycles. The van der Waals surface area contributed by atoms with E-state index in [1.54, 1.807) is 48.4 Å². The summed E-state index contributed by atoms with van der Waals surface area (Å²) in [5.74, 6) is 1.18. The summed E-state index contributed by atoms with van der Waals surface area (Å²) < 4.78 is 34.1. The normalized spacial score (nSPS) is 19.1. The number of carbonyl (C=O) groups excluding carboxylic acids is 1. The fraction of sp³-hybridized carbons (Fsp3) is 0.353. The van der Waals surface area contributed by atoms with Gasteiger partial charge in [-0.3, -0.25) is 4.79 Å². The number of carbonyl (C=O) groups is 1. The van der Waals surface area contributed by atoms with E-state index in [1.807, 2.05) is 0 Å². The van der Waals surface area contributed by atoms with Gasteiger partial charge in [-0.2, -0.15) is 0 Å². The number of benzene rings is 1. The number of nitrogens with zero attached hydrogens (tertiary/aromatic N) is 1. The molecule has 1 fully saturated rings. The first-order valence-electron chi connectivity index (χ1n) is 7.66. The average molecular weight is 349 g/mol. The minimum atomic E-state index is -3.09. The van der Waals surface area contributed by atoms with E-state index in [0.717, 1.165) is 0 Å². The summed E-state index contributed by atoms with van der Waals surface area (Å²) in [6.07, 6.45) is 1.99. The molecule has 0 radical (unpaired) electrons. The van der Waals surface area contributed by atoms with Crippen molar-refractivity contribution in [3.8, 4) is 5.75 Å². The van der Waals surface area contributed by atoms with Gasteiger partial charge in [0.15, 0.2) is 9.84 Å². The molecule has 1 aromatic carbocycles. The molecule has 6 nitrogen and oxygen atoms in total. The van der Waals surface area contributed by atoms with Gasteiger partial charge in [-0.25, -0.2) is 8.42 Å². The molecule has 1 atom stereocenters. The van der Waals surface area contributed by atoms with Crippen LogP contribution in [0.4, 0.5) is 0 Å². The highest BCUT2D eigenvalue weighted by atomic mass is 32.2. The van der Waals surface area contributed by atoms with Gasteiger partial charge in [0.05, 0.1) is 31.4 Å². The Balaban J connectivity index is 1.86. The summed E-state index contributed by atoms with van der Waals surface area (Å²) >= 11 is 0. The van der Waals surface area contributed by atoms with Crippen LogP contribution >= 0.6 is 0 Å². The predicted octanol–water partition coefficient (Wildman–Crippen LogP) is 2.12. The van der Waals surface area contributed by atoms with Crippen LogP contribution in [-0.4, -0.2) is 43.9 Å². The summed E-state index contributed by atoms with van der Waals surface area (Å²) in [6.45, 7) is 0.248. The number of rotatable bonds is 5. The Hall–Kier alpha value is -2.28. The SMILES string of the molecule is COc1ccc(C(=O)N(Cc2ccco2)C2CCS(=O)(=O)C2)cc1. The Bertz CT molecular complexity index is 796. The van der Waals surface area contributed by atoms with Gasteiger partial charge in [0, 0.05) is 11.6 Å². The third-order valence-electron chi connectivity index (χ3n) is 4.15. The van der Waals surface area contributed by atoms with E-state index in [4.69, 9.17) is 9.15 Å². The molecule has 1 aliphatic heterocycles. The van der Waals surface area contributed by atoms with Gasteiger partial charge in [0.1, 0.15) is 11.5 Å². The molecule has 1 unspecified atom stereocenters. The molecule has 0 saturated carbocycles. The highest BCUT2D eigenvalue weighted by Gasteiger charge is 2.35. The van der Waals surface area contributed by atoms with Crippen molar-refractivity contribution in [3.05, 3.63) is 54.0 Å². The van der Waals surface area contributed by atoms with Crippen molar-refractivity contribution in [1.82, 2.24) is 4.90 Å². The molecule has 1 aliphatic rings. The number of methoxy groups -OCH3 is 1. The van der Waals surface area contributed by atoms with E-state index < -0.39 is 9.84 Å². The Morgan fingerprint density at radius 3 is 2.58 bits per heavy atom. The zero-order valence-corrected chi connectivity index (χ0v) is 14.2. The lowest BCUT2D eigenvalue weighted by Crippen LogP contribution is -2.40. The predicted molar refractivity (Wildman–Crippen MR) is 88.6 cm³/mol. The van der Waals surface area contributed by atoms with Crippen molar-refractivity contribution in [3.63, 3.8) is 0 Å². The van der Waals surface area contributed by atoms with E-state index >= 15 is 0 Å². The van der Waals surface area contributed by atoms with Crippen LogP contribution in [0.25, 0.3) is 0 Å². The van der Waals surface area contributed by atoms with Crippen LogP contribution in [0.15, 0.2) is 47.1 Å². The summed E-state index contributed by atoms with van der Waals surface area (Å²) in [4.78, 5) is 14.5. The number of amides is 1. The van der Waals surface area contributed by atoms with Crippen LogP contribution in [0.2, 0.25) is 0 Å². The molecule has 1 amide bonds. The highest BCUT2D eigenvalue weighted by molar-refractivity contribution is 7.91. The van der Waals surface area contributed by atoms with Gasteiger partial charge >= 0.3 is 0 Å². The molecule has 0 spiro atoms. The molecule has 1 saturated heterocycles. The minimum Gasteiger partial charge on any atom is -0.497 e. The summed E-state index contributed by atoms with van der Waals surface area (Å²) in [5, 5.41) is 0. The standard InChI is InChI=1S/C17H19NO5S/c1-22-15-6-4-13(5-7-15)17(19)18(11-16-3-2-9-23-16)14-8-10-24(20,21)12-14/h2-7,9,14H,8,10-12H2,1H3. The third kappa shape index (κ3) is 3.62. The van der Waals surface area contributed by atoms with Crippen molar-refractivity contribution in [2.75, 3.05) is 18.6 Å². The second-order valence-electron chi connectivity index (χ2n) is 5.80. The van der Waals surface area contributed by atoms with E-state index in [9.17, 15) is 13.2 Å². The summed E-state index contributed by atoms with van der Waals surface area (Å²) in [5.41, 5.74) is 0.492. The Kier molecular flexibility index (Phi) is 4.62. The molecule has 2 aromatic rings. The fourth-order valence-electron chi connectivity index (χ4n) is 2.86. The van der Waals surface area contributed by atoms with Gasteiger partial charge in [-0.05, 0) is 42.8 Å². The van der Waals surface area contributed by atoms with Gasteiger partial charge in [-0.15, -0.1) is 0 Å². The first-order valence-corrected chi connectivity index (χ1v) is 9.48. The quantitative estimate of drug-likeness (QED) is 0.826. The van der Waals surface area contributed by atoms with E-state index in [0.29, 0.717) is 23.5 Å². The van der Waals surface area contributed by atoms with E-state index in [1.165, 1.54) is 6.26 Å². The van der Waals surface area contributed by atoms with Crippen LogP contribution in [0.1, 0.15) is 22.5 Å². The highest BCUT2D eigenvalue weighted by Crippen LogP contribution is 2.23. The van der Waals surface area contributed by atoms with Crippen LogP contribution in [0.5, 0.6) is 5.75 Å². The molecule has 0 N–H and O–H groups in total. The Morgan fingerprint density at radius 2 is 2.04 bits per heavy atom. The van der Waals surface area contributed by atoms with Gasteiger partial charge in [-0.1, -0.05) is 0 Å². The Morgan fingerprint density at radius 1 is 1.29 bits per heavy atom. The lowest BCUT2D eigenvalue weighted by atomic mass is 10.1. The van der Waals surface area contributed by atoms with Crippen LogP contribution in [0, 0.1) is 0 Å². The van der Waals surface area contributed by atoms with Gasteiger partial charge in [0.25, 0.3) is 5.91 Å². The molecule has 24 heavy (non-hydrogen) atoms. The molecule has 128 valence electrons. The zero-order valence-electron chi connectivity index (χ0n) is 13.3. The molecule has 0 aliphatic carbocycles. The molecule has 7 heteroatoms. The number of hydrogen-bond acceptors (Lipinski definition) is 5. The van der Waals surface area contributed by atoms with Gasteiger partial charge < -0.3 is 14.1 Å². The van der Waals surface area contributed by atoms with Crippen LogP contribution in [0.3, 0.4) is 0 Å². The first-order chi connectivity index (χ1) is 11.5. The lowest BCUT2D eigenvalue weighted by molar-refractivity contribution is 0.0666. The number of sulfone groups is 1. The fourth-order valence-corrected chi connectivity index (χ4v) is 4.59. The zero-order chi connectivity index (χ0) is 17.2. The second kappa shape index (κ2) is 6.68. The van der Waals surface area contributed by atoms with E-state index in [2.05, 4.69) is 0 Å². The largest absolute Gasteiger partial charge is 0.497 e. The molecule has 0 bridgehead atoms. The maximum atomic E-state index is 12.9. The smallest absolute Gasteiger partial charge is 0.254 e. The Labute approximate surface area is 140 Å². The topological polar surface area (TPSA) is 76.8 Å². The average Bonchev–Trinajstić information content (AvgIpc) is 3.21. The van der Waals surface area contributed by atoms with Crippen LogP contribution < -0.4 is 4.74 Å². The molecule has 1 aromatic heterocycles. The lowest BCUT2D eigenvalue weighted by Gasteiger charge is -2.27. The maximum Gasteiger partial charge on any atom is 0.254 e. The summed E-state index contributed by atoms with van der Waals surface area (Å²) in [7, 11) is -1.53.